The number of nitrogens with zero attached hydrogens (tertiary/aromatic N) is 3. The van der Waals surface area contributed by atoms with Gasteiger partial charge < -0.3 is 14.0 Å². The number of para-hydroxylation sites is 1. The van der Waals surface area contributed by atoms with Crippen LogP contribution in [0.2, 0.25) is 0 Å². The average molecular weight is 341 g/mol. The number of carbonyl (C=O) groups is 1. The third-order valence-electron chi connectivity index (χ3n) is 4.94. The van der Waals surface area contributed by atoms with Crippen LogP contribution in [0.4, 0.5) is 10.5 Å². The monoisotopic (exact) mass is 341 g/mol. The molecular formula is C19H23N3O3. The molecule has 1 aromatic carbocycles. The van der Waals surface area contributed by atoms with E-state index in [1.807, 2.05) is 30.3 Å². The number of ether oxygens (including phenoxy) is 2. The van der Waals surface area contributed by atoms with Crippen LogP contribution in [0.5, 0.6) is 0 Å². The summed E-state index contributed by atoms with van der Waals surface area (Å²) in [5.74, 6) is 0. The number of hydrogen-bond donors (Lipinski definition) is 0. The SMILES string of the molecule is Cn1cccc1[C@H]1COCCN1C[C@@H]1CN(c2ccccc2)C(=O)O1. The maximum atomic E-state index is 12.2. The van der Waals surface area contributed by atoms with Gasteiger partial charge in [0.05, 0.1) is 25.8 Å². The van der Waals surface area contributed by atoms with Gasteiger partial charge in [-0.2, -0.15) is 0 Å². The van der Waals surface area contributed by atoms with Crippen molar-refractivity contribution in [2.45, 2.75) is 12.1 Å². The molecule has 1 aromatic heterocycles. The highest BCUT2D eigenvalue weighted by Gasteiger charge is 2.36. The zero-order valence-electron chi connectivity index (χ0n) is 14.4. The quantitative estimate of drug-likeness (QED) is 0.857. The van der Waals surface area contributed by atoms with Crippen LogP contribution >= 0.6 is 0 Å². The Bertz CT molecular complexity index is 731. The molecule has 2 aromatic rings. The molecule has 0 saturated carbocycles. The lowest BCUT2D eigenvalue weighted by Crippen LogP contribution is -2.44. The molecule has 0 unspecified atom stereocenters. The van der Waals surface area contributed by atoms with Crippen molar-refractivity contribution in [3.05, 3.63) is 54.4 Å². The Labute approximate surface area is 147 Å². The number of carbonyl (C=O) groups excluding carboxylic acids is 1. The van der Waals surface area contributed by atoms with Gasteiger partial charge in [-0.15, -0.1) is 0 Å². The smallest absolute Gasteiger partial charge is 0.414 e. The van der Waals surface area contributed by atoms with E-state index in [0.717, 1.165) is 12.2 Å². The fourth-order valence-electron chi connectivity index (χ4n) is 3.65. The van der Waals surface area contributed by atoms with Crippen LogP contribution in [0.3, 0.4) is 0 Å². The van der Waals surface area contributed by atoms with Gasteiger partial charge in [0, 0.05) is 37.7 Å². The van der Waals surface area contributed by atoms with Crippen LogP contribution in [-0.2, 0) is 16.5 Å². The number of benzene rings is 1. The predicted molar refractivity (Wildman–Crippen MR) is 94.6 cm³/mol. The van der Waals surface area contributed by atoms with Crippen molar-refractivity contribution in [2.24, 2.45) is 7.05 Å². The van der Waals surface area contributed by atoms with E-state index in [4.69, 9.17) is 9.47 Å². The molecule has 6 nitrogen and oxygen atoms in total. The summed E-state index contributed by atoms with van der Waals surface area (Å²) in [6.45, 7) is 3.52. The van der Waals surface area contributed by atoms with E-state index in [1.54, 1.807) is 4.90 Å². The number of amides is 1. The molecule has 3 heterocycles. The summed E-state index contributed by atoms with van der Waals surface area (Å²) in [4.78, 5) is 16.3. The van der Waals surface area contributed by atoms with Gasteiger partial charge in [-0.05, 0) is 24.3 Å². The van der Waals surface area contributed by atoms with Crippen molar-refractivity contribution < 1.29 is 14.3 Å². The second-order valence-electron chi connectivity index (χ2n) is 6.58. The lowest BCUT2D eigenvalue weighted by molar-refractivity contribution is -0.0259. The van der Waals surface area contributed by atoms with Gasteiger partial charge in [0.25, 0.3) is 0 Å². The first-order chi connectivity index (χ1) is 12.2. The molecule has 25 heavy (non-hydrogen) atoms. The van der Waals surface area contributed by atoms with E-state index in [0.29, 0.717) is 26.3 Å². The Balaban J connectivity index is 1.46. The van der Waals surface area contributed by atoms with Crippen LogP contribution in [-0.4, -0.2) is 54.5 Å². The Morgan fingerprint density at radius 2 is 2.00 bits per heavy atom. The van der Waals surface area contributed by atoms with E-state index >= 15 is 0 Å². The summed E-state index contributed by atoms with van der Waals surface area (Å²) in [5, 5.41) is 0. The standard InChI is InChI=1S/C19H23N3O3/c1-20-9-5-8-17(20)18-14-24-11-10-21(18)12-16-13-22(19(23)25-16)15-6-3-2-4-7-15/h2-9,16,18H,10-14H2,1H3/t16-,18-/m1/s1. The van der Waals surface area contributed by atoms with Gasteiger partial charge in [-0.1, -0.05) is 18.2 Å². The first kappa shape index (κ1) is 16.2. The predicted octanol–water partition coefficient (Wildman–Crippen LogP) is 2.42. The molecule has 132 valence electrons. The molecule has 0 spiro atoms. The second-order valence-corrected chi connectivity index (χ2v) is 6.58. The van der Waals surface area contributed by atoms with Gasteiger partial charge in [0.15, 0.2) is 0 Å². The summed E-state index contributed by atoms with van der Waals surface area (Å²) < 4.78 is 13.4. The van der Waals surface area contributed by atoms with Crippen molar-refractivity contribution >= 4 is 11.8 Å². The molecule has 4 rings (SSSR count). The van der Waals surface area contributed by atoms with Gasteiger partial charge in [-0.3, -0.25) is 9.80 Å². The number of hydrogen-bond acceptors (Lipinski definition) is 4. The minimum absolute atomic E-state index is 0.131. The topological polar surface area (TPSA) is 46.9 Å². The molecule has 0 radical (unpaired) electrons. The average Bonchev–Trinajstić information content (AvgIpc) is 3.22. The maximum Gasteiger partial charge on any atom is 0.414 e. The molecule has 1 amide bonds. The van der Waals surface area contributed by atoms with E-state index in [-0.39, 0.29) is 18.2 Å². The summed E-state index contributed by atoms with van der Waals surface area (Å²) in [5.41, 5.74) is 2.11. The first-order valence-corrected chi connectivity index (χ1v) is 8.68. The molecular weight excluding hydrogens is 318 g/mol. The van der Waals surface area contributed by atoms with Crippen LogP contribution in [0.25, 0.3) is 0 Å². The number of anilines is 1. The van der Waals surface area contributed by atoms with Crippen molar-refractivity contribution in [1.29, 1.82) is 0 Å². The molecule has 2 aliphatic heterocycles. The highest BCUT2D eigenvalue weighted by Crippen LogP contribution is 2.27. The Hall–Kier alpha value is -2.31. The van der Waals surface area contributed by atoms with Gasteiger partial charge >= 0.3 is 6.09 Å². The molecule has 2 saturated heterocycles. The van der Waals surface area contributed by atoms with Crippen molar-refractivity contribution in [3.8, 4) is 0 Å². The summed E-state index contributed by atoms with van der Waals surface area (Å²) in [6, 6.07) is 14.1. The lowest BCUT2D eigenvalue weighted by atomic mass is 10.1. The van der Waals surface area contributed by atoms with Crippen LogP contribution < -0.4 is 4.90 Å². The van der Waals surface area contributed by atoms with E-state index in [9.17, 15) is 4.79 Å². The molecule has 0 bridgehead atoms. The minimum atomic E-state index is -0.264. The number of morpholine rings is 1. The van der Waals surface area contributed by atoms with E-state index in [1.165, 1.54) is 5.69 Å². The summed E-state index contributed by atoms with van der Waals surface area (Å²) in [6.07, 6.45) is 1.66. The summed E-state index contributed by atoms with van der Waals surface area (Å²) >= 11 is 0. The number of aryl methyl sites for hydroxylation is 1. The van der Waals surface area contributed by atoms with Gasteiger partial charge in [-0.25, -0.2) is 4.79 Å². The van der Waals surface area contributed by atoms with Crippen LogP contribution in [0.15, 0.2) is 48.7 Å². The molecule has 2 fully saturated rings. The molecule has 0 N–H and O–H groups in total. The normalized spacial score (nSPS) is 24.5. The van der Waals surface area contributed by atoms with Crippen molar-refractivity contribution in [3.63, 3.8) is 0 Å². The zero-order chi connectivity index (χ0) is 17.2. The highest BCUT2D eigenvalue weighted by molar-refractivity contribution is 5.89. The zero-order valence-corrected chi connectivity index (χ0v) is 14.4. The van der Waals surface area contributed by atoms with Crippen LogP contribution in [0, 0.1) is 0 Å². The van der Waals surface area contributed by atoms with Crippen LogP contribution in [0.1, 0.15) is 11.7 Å². The van der Waals surface area contributed by atoms with Crippen molar-refractivity contribution in [2.75, 3.05) is 37.7 Å². The van der Waals surface area contributed by atoms with E-state index < -0.39 is 0 Å². The summed E-state index contributed by atoms with van der Waals surface area (Å²) in [7, 11) is 2.05. The Kier molecular flexibility index (Phi) is 4.46. The van der Waals surface area contributed by atoms with Gasteiger partial charge in [0.1, 0.15) is 6.10 Å². The molecule has 2 aliphatic rings. The van der Waals surface area contributed by atoms with Crippen molar-refractivity contribution in [1.82, 2.24) is 9.47 Å². The maximum absolute atomic E-state index is 12.2. The third kappa shape index (κ3) is 3.27. The number of cyclic esters (lactones) is 1. The third-order valence-corrected chi connectivity index (χ3v) is 4.94. The second kappa shape index (κ2) is 6.90. The molecule has 2 atom stereocenters. The fourth-order valence-corrected chi connectivity index (χ4v) is 3.65. The van der Waals surface area contributed by atoms with Gasteiger partial charge in [0.2, 0.25) is 0 Å². The number of rotatable bonds is 4. The Morgan fingerprint density at radius 3 is 2.76 bits per heavy atom. The Morgan fingerprint density at radius 1 is 1.16 bits per heavy atom. The lowest BCUT2D eigenvalue weighted by Gasteiger charge is -2.36. The first-order valence-electron chi connectivity index (χ1n) is 8.68. The highest BCUT2D eigenvalue weighted by atomic mass is 16.6. The van der Waals surface area contributed by atoms with E-state index in [2.05, 4.69) is 34.8 Å². The largest absolute Gasteiger partial charge is 0.443 e. The minimum Gasteiger partial charge on any atom is -0.443 e. The fraction of sp³-hybridized carbons (Fsp3) is 0.421. The number of aromatic nitrogens is 1. The molecule has 0 aliphatic carbocycles. The molecule has 6 heteroatoms.